The SMILES string of the molecule is CCN(C(=O)C1C=CC(N)C1)C1CCCCC1. The summed E-state index contributed by atoms with van der Waals surface area (Å²) in [4.78, 5) is 14.5. The highest BCUT2D eigenvalue weighted by atomic mass is 16.2. The van der Waals surface area contributed by atoms with Crippen LogP contribution in [0.1, 0.15) is 45.4 Å². The first-order chi connectivity index (χ1) is 8.22. The second-order valence-corrected chi connectivity index (χ2v) is 5.31. The molecule has 0 radical (unpaired) electrons. The number of carbonyl (C=O) groups is 1. The fourth-order valence-corrected chi connectivity index (χ4v) is 3.11. The van der Waals surface area contributed by atoms with E-state index in [9.17, 15) is 4.79 Å². The molecule has 0 saturated heterocycles. The Balaban J connectivity index is 1.97. The van der Waals surface area contributed by atoms with Crippen molar-refractivity contribution in [2.75, 3.05) is 6.54 Å². The Hall–Kier alpha value is -0.830. The van der Waals surface area contributed by atoms with Gasteiger partial charge in [0.15, 0.2) is 0 Å². The second-order valence-electron chi connectivity index (χ2n) is 5.31. The minimum Gasteiger partial charge on any atom is -0.339 e. The van der Waals surface area contributed by atoms with Gasteiger partial charge in [-0.25, -0.2) is 0 Å². The lowest BCUT2D eigenvalue weighted by atomic mass is 9.93. The van der Waals surface area contributed by atoms with E-state index in [4.69, 9.17) is 5.73 Å². The van der Waals surface area contributed by atoms with Gasteiger partial charge in [-0.15, -0.1) is 0 Å². The van der Waals surface area contributed by atoms with E-state index < -0.39 is 0 Å². The highest BCUT2D eigenvalue weighted by Gasteiger charge is 2.30. The molecule has 0 heterocycles. The van der Waals surface area contributed by atoms with Gasteiger partial charge in [0, 0.05) is 18.6 Å². The van der Waals surface area contributed by atoms with Gasteiger partial charge in [0.1, 0.15) is 0 Å². The van der Waals surface area contributed by atoms with Crippen LogP contribution in [0.15, 0.2) is 12.2 Å². The van der Waals surface area contributed by atoms with E-state index in [1.807, 2.05) is 12.2 Å². The summed E-state index contributed by atoms with van der Waals surface area (Å²) >= 11 is 0. The summed E-state index contributed by atoms with van der Waals surface area (Å²) < 4.78 is 0. The summed E-state index contributed by atoms with van der Waals surface area (Å²) in [5.41, 5.74) is 5.83. The summed E-state index contributed by atoms with van der Waals surface area (Å²) in [5, 5.41) is 0. The highest BCUT2D eigenvalue weighted by Crippen LogP contribution is 2.26. The topological polar surface area (TPSA) is 46.3 Å². The molecule has 2 rings (SSSR count). The molecule has 3 nitrogen and oxygen atoms in total. The van der Waals surface area contributed by atoms with Crippen LogP contribution in [0.2, 0.25) is 0 Å². The second kappa shape index (κ2) is 5.67. The molecule has 1 fully saturated rings. The maximum atomic E-state index is 12.4. The zero-order chi connectivity index (χ0) is 12.3. The average molecular weight is 236 g/mol. The van der Waals surface area contributed by atoms with Gasteiger partial charge >= 0.3 is 0 Å². The molecule has 1 saturated carbocycles. The molecule has 3 heteroatoms. The molecule has 1 amide bonds. The number of amides is 1. The van der Waals surface area contributed by atoms with Crippen molar-refractivity contribution in [1.82, 2.24) is 4.90 Å². The van der Waals surface area contributed by atoms with Crippen molar-refractivity contribution >= 4 is 5.91 Å². The van der Waals surface area contributed by atoms with Gasteiger partial charge < -0.3 is 10.6 Å². The molecular formula is C14H24N2O. The number of carbonyl (C=O) groups excluding carboxylic acids is 1. The molecule has 0 spiro atoms. The zero-order valence-corrected chi connectivity index (χ0v) is 10.8. The molecule has 0 aromatic heterocycles. The van der Waals surface area contributed by atoms with Gasteiger partial charge in [-0.1, -0.05) is 31.4 Å². The molecule has 2 N–H and O–H groups in total. The molecule has 0 aliphatic heterocycles. The van der Waals surface area contributed by atoms with Crippen molar-refractivity contribution in [3.05, 3.63) is 12.2 Å². The molecule has 0 aromatic rings. The van der Waals surface area contributed by atoms with Crippen LogP contribution in [0.3, 0.4) is 0 Å². The molecule has 0 aromatic carbocycles. The van der Waals surface area contributed by atoms with Crippen molar-refractivity contribution in [3.8, 4) is 0 Å². The van der Waals surface area contributed by atoms with Crippen LogP contribution in [-0.4, -0.2) is 29.4 Å². The maximum absolute atomic E-state index is 12.4. The first-order valence-corrected chi connectivity index (χ1v) is 6.96. The zero-order valence-electron chi connectivity index (χ0n) is 10.8. The molecule has 2 unspecified atom stereocenters. The molecule has 0 bridgehead atoms. The van der Waals surface area contributed by atoms with Crippen LogP contribution in [-0.2, 0) is 4.79 Å². The Morgan fingerprint density at radius 3 is 2.53 bits per heavy atom. The normalized spacial score (nSPS) is 29.5. The third kappa shape index (κ3) is 2.89. The maximum Gasteiger partial charge on any atom is 0.229 e. The van der Waals surface area contributed by atoms with E-state index in [1.165, 1.54) is 32.1 Å². The first kappa shape index (κ1) is 12.6. The number of rotatable bonds is 3. The Bertz CT molecular complexity index is 295. The van der Waals surface area contributed by atoms with Gasteiger partial charge in [0.05, 0.1) is 5.92 Å². The smallest absolute Gasteiger partial charge is 0.229 e. The Morgan fingerprint density at radius 2 is 2.00 bits per heavy atom. The van der Waals surface area contributed by atoms with Gasteiger partial charge in [-0.3, -0.25) is 4.79 Å². The standard InChI is InChI=1S/C14H24N2O/c1-2-16(13-6-4-3-5-7-13)14(17)11-8-9-12(15)10-11/h8-9,11-13H,2-7,10,15H2,1H3. The van der Waals surface area contributed by atoms with Crippen molar-refractivity contribution in [1.29, 1.82) is 0 Å². The Labute approximate surface area is 104 Å². The van der Waals surface area contributed by atoms with E-state index in [-0.39, 0.29) is 12.0 Å². The molecule has 96 valence electrons. The third-order valence-corrected chi connectivity index (χ3v) is 4.07. The lowest BCUT2D eigenvalue weighted by Crippen LogP contribution is -2.44. The number of hydrogen-bond acceptors (Lipinski definition) is 2. The van der Waals surface area contributed by atoms with Crippen LogP contribution >= 0.6 is 0 Å². The van der Waals surface area contributed by atoms with Crippen molar-refractivity contribution in [3.63, 3.8) is 0 Å². The minimum atomic E-state index is 0.0341. The van der Waals surface area contributed by atoms with E-state index in [0.29, 0.717) is 11.9 Å². The fraction of sp³-hybridized carbons (Fsp3) is 0.786. The summed E-state index contributed by atoms with van der Waals surface area (Å²) in [6.45, 7) is 2.92. The average Bonchev–Trinajstić information content (AvgIpc) is 2.78. The van der Waals surface area contributed by atoms with E-state index in [2.05, 4.69) is 11.8 Å². The monoisotopic (exact) mass is 236 g/mol. The first-order valence-electron chi connectivity index (χ1n) is 6.96. The van der Waals surface area contributed by atoms with Crippen LogP contribution in [0, 0.1) is 5.92 Å². The largest absolute Gasteiger partial charge is 0.339 e. The van der Waals surface area contributed by atoms with Gasteiger partial charge in [-0.2, -0.15) is 0 Å². The summed E-state index contributed by atoms with van der Waals surface area (Å²) in [7, 11) is 0. The number of nitrogens with two attached hydrogens (primary N) is 1. The van der Waals surface area contributed by atoms with Crippen LogP contribution in [0.5, 0.6) is 0 Å². The lowest BCUT2D eigenvalue weighted by molar-refractivity contribution is -0.136. The predicted octanol–water partition coefficient (Wildman–Crippen LogP) is 2.07. The van der Waals surface area contributed by atoms with E-state index in [1.54, 1.807) is 0 Å². The van der Waals surface area contributed by atoms with Gasteiger partial charge in [-0.05, 0) is 26.2 Å². The third-order valence-electron chi connectivity index (χ3n) is 4.07. The van der Waals surface area contributed by atoms with E-state index >= 15 is 0 Å². The molecule has 2 atom stereocenters. The van der Waals surface area contributed by atoms with Crippen molar-refractivity contribution < 1.29 is 4.79 Å². The lowest BCUT2D eigenvalue weighted by Gasteiger charge is -2.35. The Kier molecular flexibility index (Phi) is 4.21. The van der Waals surface area contributed by atoms with Crippen molar-refractivity contribution in [2.24, 2.45) is 11.7 Å². The van der Waals surface area contributed by atoms with Gasteiger partial charge in [0.2, 0.25) is 5.91 Å². The fourth-order valence-electron chi connectivity index (χ4n) is 3.11. The minimum absolute atomic E-state index is 0.0341. The quantitative estimate of drug-likeness (QED) is 0.763. The van der Waals surface area contributed by atoms with Gasteiger partial charge in [0.25, 0.3) is 0 Å². The molecular weight excluding hydrogens is 212 g/mol. The molecule has 2 aliphatic rings. The van der Waals surface area contributed by atoms with Crippen molar-refractivity contribution in [2.45, 2.75) is 57.5 Å². The van der Waals surface area contributed by atoms with E-state index in [0.717, 1.165) is 13.0 Å². The van der Waals surface area contributed by atoms with Crippen LogP contribution < -0.4 is 5.73 Å². The summed E-state index contributed by atoms with van der Waals surface area (Å²) in [5.74, 6) is 0.329. The molecule has 2 aliphatic carbocycles. The number of hydrogen-bond donors (Lipinski definition) is 1. The Morgan fingerprint density at radius 1 is 1.29 bits per heavy atom. The van der Waals surface area contributed by atoms with Crippen LogP contribution in [0.25, 0.3) is 0 Å². The summed E-state index contributed by atoms with van der Waals surface area (Å²) in [6, 6.07) is 0.556. The highest BCUT2D eigenvalue weighted by molar-refractivity contribution is 5.81. The summed E-state index contributed by atoms with van der Waals surface area (Å²) in [6.07, 6.45) is 11.0. The van der Waals surface area contributed by atoms with Crippen LogP contribution in [0.4, 0.5) is 0 Å². The number of nitrogens with zero attached hydrogens (tertiary/aromatic N) is 1. The molecule has 17 heavy (non-hydrogen) atoms. The predicted molar refractivity (Wildman–Crippen MR) is 69.5 cm³/mol.